The lowest BCUT2D eigenvalue weighted by Gasteiger charge is -2.36. The molecule has 2 aliphatic rings. The van der Waals surface area contributed by atoms with Crippen molar-refractivity contribution >= 4 is 17.9 Å². The molecule has 0 aromatic heterocycles. The third kappa shape index (κ3) is 7.80. The quantitative estimate of drug-likeness (QED) is 0.614. The predicted octanol–water partition coefficient (Wildman–Crippen LogP) is 4.10. The SMILES string of the molecule is CCCC(NC(=O)CCC1CCCC1)C(=O)N1CCN(C/C=C/c2ccccc2)CC1. The summed E-state index contributed by atoms with van der Waals surface area (Å²) in [7, 11) is 0. The van der Waals surface area contributed by atoms with E-state index in [0.717, 1.165) is 45.6 Å². The Bertz CT molecular complexity index is 705. The van der Waals surface area contributed by atoms with E-state index in [1.807, 2.05) is 23.1 Å². The Hall–Kier alpha value is -2.14. The number of hydrogen-bond donors (Lipinski definition) is 1. The van der Waals surface area contributed by atoms with E-state index in [1.165, 1.54) is 31.2 Å². The first kappa shape index (κ1) is 23.5. The van der Waals surface area contributed by atoms with Crippen molar-refractivity contribution in [1.29, 1.82) is 0 Å². The van der Waals surface area contributed by atoms with Crippen molar-refractivity contribution < 1.29 is 9.59 Å². The molecule has 0 radical (unpaired) electrons. The van der Waals surface area contributed by atoms with Gasteiger partial charge in [-0.25, -0.2) is 0 Å². The van der Waals surface area contributed by atoms with Crippen molar-refractivity contribution in [2.24, 2.45) is 5.92 Å². The molecule has 5 heteroatoms. The number of carbonyl (C=O) groups is 2. The number of rotatable bonds is 10. The molecular formula is C26H39N3O2. The lowest BCUT2D eigenvalue weighted by molar-refractivity contribution is -0.138. The van der Waals surface area contributed by atoms with Crippen LogP contribution in [0.5, 0.6) is 0 Å². The third-order valence-electron chi connectivity index (χ3n) is 6.62. The van der Waals surface area contributed by atoms with Crippen LogP contribution in [0.4, 0.5) is 0 Å². The molecule has 1 unspecified atom stereocenters. The summed E-state index contributed by atoms with van der Waals surface area (Å²) in [5.74, 6) is 0.842. The standard InChI is InChI=1S/C26H39N3O2/c1-2-9-24(27-25(30)16-15-23-12-6-7-13-23)26(31)29-20-18-28(19-21-29)17-8-14-22-10-4-3-5-11-22/h3-5,8,10-11,14,23-24H,2,6-7,9,12-13,15-21H2,1H3,(H,27,30)/b14-8+. The molecule has 1 aliphatic carbocycles. The van der Waals surface area contributed by atoms with Crippen LogP contribution in [0.25, 0.3) is 6.08 Å². The van der Waals surface area contributed by atoms with E-state index in [9.17, 15) is 9.59 Å². The maximum atomic E-state index is 13.1. The summed E-state index contributed by atoms with van der Waals surface area (Å²) >= 11 is 0. The van der Waals surface area contributed by atoms with Crippen LogP contribution in [0.15, 0.2) is 36.4 Å². The molecule has 2 fully saturated rings. The van der Waals surface area contributed by atoms with Crippen LogP contribution in [-0.2, 0) is 9.59 Å². The van der Waals surface area contributed by atoms with Crippen molar-refractivity contribution in [2.45, 2.75) is 64.3 Å². The van der Waals surface area contributed by atoms with Crippen LogP contribution in [0.1, 0.15) is 63.9 Å². The van der Waals surface area contributed by atoms with Gasteiger partial charge < -0.3 is 10.2 Å². The number of hydrogen-bond acceptors (Lipinski definition) is 3. The Morgan fingerprint density at radius 1 is 1.10 bits per heavy atom. The fourth-order valence-electron chi connectivity index (χ4n) is 4.72. The molecule has 1 saturated carbocycles. The molecule has 31 heavy (non-hydrogen) atoms. The average molecular weight is 426 g/mol. The smallest absolute Gasteiger partial charge is 0.245 e. The third-order valence-corrected chi connectivity index (χ3v) is 6.62. The molecule has 1 saturated heterocycles. The number of amides is 2. The normalized spacial score (nSPS) is 19.1. The first-order valence-electron chi connectivity index (χ1n) is 12.2. The highest BCUT2D eigenvalue weighted by molar-refractivity contribution is 5.87. The molecule has 2 amide bonds. The Morgan fingerprint density at radius 3 is 2.48 bits per heavy atom. The van der Waals surface area contributed by atoms with Gasteiger partial charge in [0, 0.05) is 39.1 Å². The number of piperazine rings is 1. The molecule has 1 N–H and O–H groups in total. The van der Waals surface area contributed by atoms with Crippen molar-refractivity contribution in [1.82, 2.24) is 15.1 Å². The molecular weight excluding hydrogens is 386 g/mol. The minimum atomic E-state index is -0.370. The molecule has 1 heterocycles. The van der Waals surface area contributed by atoms with Gasteiger partial charge in [-0.2, -0.15) is 0 Å². The van der Waals surface area contributed by atoms with E-state index in [4.69, 9.17) is 0 Å². The zero-order valence-corrected chi connectivity index (χ0v) is 19.1. The van der Waals surface area contributed by atoms with Gasteiger partial charge in [0.25, 0.3) is 0 Å². The molecule has 1 atom stereocenters. The topological polar surface area (TPSA) is 52.7 Å². The lowest BCUT2D eigenvalue weighted by Crippen LogP contribution is -2.54. The maximum absolute atomic E-state index is 13.1. The summed E-state index contributed by atoms with van der Waals surface area (Å²) in [4.78, 5) is 29.8. The van der Waals surface area contributed by atoms with Gasteiger partial charge in [0.2, 0.25) is 11.8 Å². The summed E-state index contributed by atoms with van der Waals surface area (Å²) in [6.45, 7) is 6.18. The van der Waals surface area contributed by atoms with Gasteiger partial charge in [-0.3, -0.25) is 14.5 Å². The van der Waals surface area contributed by atoms with E-state index in [-0.39, 0.29) is 17.9 Å². The number of nitrogens with one attached hydrogen (secondary N) is 1. The van der Waals surface area contributed by atoms with Gasteiger partial charge in [0.1, 0.15) is 6.04 Å². The summed E-state index contributed by atoms with van der Waals surface area (Å²) in [6.07, 6.45) is 12.6. The Morgan fingerprint density at radius 2 is 1.81 bits per heavy atom. The monoisotopic (exact) mass is 425 g/mol. The van der Waals surface area contributed by atoms with Crippen LogP contribution in [0.3, 0.4) is 0 Å². The second kappa shape index (κ2) is 12.7. The largest absolute Gasteiger partial charge is 0.344 e. The highest BCUT2D eigenvalue weighted by atomic mass is 16.2. The number of nitrogens with zero attached hydrogens (tertiary/aromatic N) is 2. The van der Waals surface area contributed by atoms with Crippen molar-refractivity contribution in [3.8, 4) is 0 Å². The summed E-state index contributed by atoms with van der Waals surface area (Å²) in [5.41, 5.74) is 1.21. The summed E-state index contributed by atoms with van der Waals surface area (Å²) in [6, 6.07) is 9.95. The Balaban J connectivity index is 1.41. The Kier molecular flexibility index (Phi) is 9.60. The van der Waals surface area contributed by atoms with E-state index in [0.29, 0.717) is 18.8 Å². The fraction of sp³-hybridized carbons (Fsp3) is 0.615. The lowest BCUT2D eigenvalue weighted by atomic mass is 10.0. The predicted molar refractivity (Wildman–Crippen MR) is 127 cm³/mol. The van der Waals surface area contributed by atoms with Crippen molar-refractivity contribution in [2.75, 3.05) is 32.7 Å². The van der Waals surface area contributed by atoms with Crippen molar-refractivity contribution in [3.63, 3.8) is 0 Å². The highest BCUT2D eigenvalue weighted by Crippen LogP contribution is 2.28. The molecule has 1 aromatic carbocycles. The zero-order valence-electron chi connectivity index (χ0n) is 19.1. The van der Waals surface area contributed by atoms with Gasteiger partial charge in [-0.15, -0.1) is 0 Å². The van der Waals surface area contributed by atoms with E-state index < -0.39 is 0 Å². The van der Waals surface area contributed by atoms with Gasteiger partial charge in [-0.05, 0) is 24.3 Å². The second-order valence-corrected chi connectivity index (χ2v) is 9.04. The molecule has 1 aromatic rings. The van der Waals surface area contributed by atoms with E-state index >= 15 is 0 Å². The second-order valence-electron chi connectivity index (χ2n) is 9.04. The zero-order chi connectivity index (χ0) is 21.9. The van der Waals surface area contributed by atoms with Gasteiger partial charge in [-0.1, -0.05) is 81.5 Å². The highest BCUT2D eigenvalue weighted by Gasteiger charge is 2.28. The van der Waals surface area contributed by atoms with Crippen LogP contribution in [0, 0.1) is 5.92 Å². The molecule has 1 aliphatic heterocycles. The van der Waals surface area contributed by atoms with E-state index in [2.05, 4.69) is 41.4 Å². The number of benzene rings is 1. The van der Waals surface area contributed by atoms with Crippen molar-refractivity contribution in [3.05, 3.63) is 42.0 Å². The van der Waals surface area contributed by atoms with Crippen LogP contribution >= 0.6 is 0 Å². The molecule has 0 bridgehead atoms. The fourth-order valence-corrected chi connectivity index (χ4v) is 4.72. The molecule has 5 nitrogen and oxygen atoms in total. The number of carbonyl (C=O) groups excluding carboxylic acids is 2. The van der Waals surface area contributed by atoms with Crippen LogP contribution in [0.2, 0.25) is 0 Å². The Labute approximate surface area is 187 Å². The van der Waals surface area contributed by atoms with Gasteiger partial charge >= 0.3 is 0 Å². The average Bonchev–Trinajstić information content (AvgIpc) is 3.32. The summed E-state index contributed by atoms with van der Waals surface area (Å²) < 4.78 is 0. The van der Waals surface area contributed by atoms with E-state index in [1.54, 1.807) is 0 Å². The molecule has 170 valence electrons. The van der Waals surface area contributed by atoms with Crippen LogP contribution < -0.4 is 5.32 Å². The minimum absolute atomic E-state index is 0.0448. The maximum Gasteiger partial charge on any atom is 0.245 e. The first-order chi connectivity index (χ1) is 15.2. The minimum Gasteiger partial charge on any atom is -0.344 e. The summed E-state index contributed by atoms with van der Waals surface area (Å²) in [5, 5.41) is 3.05. The first-order valence-corrected chi connectivity index (χ1v) is 12.2. The van der Waals surface area contributed by atoms with Gasteiger partial charge in [0.05, 0.1) is 0 Å². The molecule has 3 rings (SSSR count). The van der Waals surface area contributed by atoms with Gasteiger partial charge in [0.15, 0.2) is 0 Å². The van der Waals surface area contributed by atoms with Crippen LogP contribution in [-0.4, -0.2) is 60.4 Å². The molecule has 0 spiro atoms.